The van der Waals surface area contributed by atoms with Gasteiger partial charge in [-0.1, -0.05) is 6.07 Å². The number of amides is 1. The Labute approximate surface area is 146 Å². The normalized spacial score (nSPS) is 22.0. The van der Waals surface area contributed by atoms with Crippen LogP contribution in [0.3, 0.4) is 0 Å². The van der Waals surface area contributed by atoms with Crippen molar-refractivity contribution in [3.05, 3.63) is 42.5 Å². The van der Waals surface area contributed by atoms with Crippen LogP contribution in [0.2, 0.25) is 0 Å². The molecule has 25 heavy (non-hydrogen) atoms. The number of pyridine rings is 1. The average Bonchev–Trinajstić information content (AvgIpc) is 2.99. The van der Waals surface area contributed by atoms with Gasteiger partial charge in [0.1, 0.15) is 12.1 Å². The van der Waals surface area contributed by atoms with E-state index in [2.05, 4.69) is 25.2 Å². The zero-order valence-electron chi connectivity index (χ0n) is 14.2. The molecule has 4 rings (SSSR count). The van der Waals surface area contributed by atoms with E-state index < -0.39 is 0 Å². The van der Waals surface area contributed by atoms with E-state index in [4.69, 9.17) is 4.74 Å². The largest absolute Gasteiger partial charge is 0.481 e. The lowest BCUT2D eigenvalue weighted by atomic mass is 9.82. The van der Waals surface area contributed by atoms with Crippen LogP contribution in [0, 0.1) is 0 Å². The second-order valence-electron chi connectivity index (χ2n) is 6.72. The molecule has 2 aromatic rings. The molecular weight excluding hydrogens is 318 g/mol. The van der Waals surface area contributed by atoms with Crippen LogP contribution in [-0.4, -0.2) is 46.6 Å². The maximum Gasteiger partial charge on any atom is 0.228 e. The fraction of sp³-hybridized carbons (Fsp3) is 0.444. The van der Waals surface area contributed by atoms with Crippen LogP contribution in [0.25, 0.3) is 0 Å². The third kappa shape index (κ3) is 3.01. The molecule has 2 aliphatic rings. The van der Waals surface area contributed by atoms with E-state index in [0.717, 1.165) is 43.7 Å². The number of ether oxygens (including phenoxy) is 1. The minimum absolute atomic E-state index is 0.0978. The van der Waals surface area contributed by atoms with E-state index in [0.29, 0.717) is 5.88 Å². The third-order valence-electron chi connectivity index (χ3n) is 5.27. The van der Waals surface area contributed by atoms with Gasteiger partial charge in [-0.15, -0.1) is 0 Å². The van der Waals surface area contributed by atoms with E-state index in [9.17, 15) is 4.79 Å². The quantitative estimate of drug-likeness (QED) is 0.913. The summed E-state index contributed by atoms with van der Waals surface area (Å²) >= 11 is 0. The van der Waals surface area contributed by atoms with Gasteiger partial charge in [0, 0.05) is 37.1 Å². The van der Waals surface area contributed by atoms with Gasteiger partial charge in [-0.25, -0.2) is 9.97 Å². The molecule has 2 aromatic heterocycles. The first-order valence-electron chi connectivity index (χ1n) is 8.52. The Morgan fingerprint density at radius 2 is 2.16 bits per heavy atom. The summed E-state index contributed by atoms with van der Waals surface area (Å²) in [7, 11) is 1.60. The highest BCUT2D eigenvalue weighted by Crippen LogP contribution is 2.39. The van der Waals surface area contributed by atoms with Gasteiger partial charge in [-0.2, -0.15) is 0 Å². The Kier molecular flexibility index (Phi) is 3.99. The molecule has 1 atom stereocenters. The van der Waals surface area contributed by atoms with Crippen molar-refractivity contribution >= 4 is 11.7 Å². The summed E-state index contributed by atoms with van der Waals surface area (Å²) in [6.45, 7) is 1.69. The molecule has 2 saturated heterocycles. The van der Waals surface area contributed by atoms with Crippen molar-refractivity contribution in [2.24, 2.45) is 0 Å². The zero-order chi connectivity index (χ0) is 17.3. The highest BCUT2D eigenvalue weighted by atomic mass is 16.5. The minimum Gasteiger partial charge on any atom is -0.481 e. The number of piperidine rings is 1. The molecular formula is C18H21N5O2. The SMILES string of the molecule is COc1cc(N2CCC3(CC2)C[C@H](c2cccnc2)C(=O)N3)ncn1. The second kappa shape index (κ2) is 6.31. The van der Waals surface area contributed by atoms with Crippen LogP contribution in [0.4, 0.5) is 5.82 Å². The summed E-state index contributed by atoms with van der Waals surface area (Å²) in [6, 6.07) is 5.72. The maximum absolute atomic E-state index is 12.5. The summed E-state index contributed by atoms with van der Waals surface area (Å²) in [6.07, 6.45) is 7.70. The zero-order valence-corrected chi connectivity index (χ0v) is 14.2. The summed E-state index contributed by atoms with van der Waals surface area (Å²) in [5, 5.41) is 3.26. The van der Waals surface area contributed by atoms with Crippen molar-refractivity contribution in [2.75, 3.05) is 25.1 Å². The average molecular weight is 339 g/mol. The van der Waals surface area contributed by atoms with E-state index >= 15 is 0 Å². The number of aromatic nitrogens is 3. The topological polar surface area (TPSA) is 80.2 Å². The fourth-order valence-corrected chi connectivity index (χ4v) is 3.84. The lowest BCUT2D eigenvalue weighted by Crippen LogP contribution is -2.51. The standard InChI is InChI=1S/C18H21N5O2/c1-25-16-9-15(20-12-21-16)23-7-4-18(5-8-23)10-14(17(24)22-18)13-3-2-6-19-11-13/h2-3,6,9,11-12,14H,4-5,7-8,10H2,1H3,(H,22,24)/t14-/m1/s1. The predicted octanol–water partition coefficient (Wildman–Crippen LogP) is 1.52. The van der Waals surface area contributed by atoms with Gasteiger partial charge in [0.05, 0.1) is 13.0 Å². The molecule has 0 unspecified atom stereocenters. The number of carbonyl (C=O) groups is 1. The van der Waals surface area contributed by atoms with Gasteiger partial charge in [-0.3, -0.25) is 9.78 Å². The van der Waals surface area contributed by atoms with Crippen molar-refractivity contribution in [2.45, 2.75) is 30.7 Å². The van der Waals surface area contributed by atoms with Gasteiger partial charge in [0.25, 0.3) is 0 Å². The van der Waals surface area contributed by atoms with E-state index in [1.54, 1.807) is 19.5 Å². The van der Waals surface area contributed by atoms with Gasteiger partial charge in [0.15, 0.2) is 0 Å². The molecule has 0 bridgehead atoms. The number of nitrogens with zero attached hydrogens (tertiary/aromatic N) is 4. The second-order valence-corrected chi connectivity index (χ2v) is 6.72. The van der Waals surface area contributed by atoms with Crippen molar-refractivity contribution in [3.63, 3.8) is 0 Å². The first kappa shape index (κ1) is 15.8. The molecule has 0 aliphatic carbocycles. The van der Waals surface area contributed by atoms with E-state index in [-0.39, 0.29) is 17.4 Å². The van der Waals surface area contributed by atoms with Gasteiger partial charge in [-0.05, 0) is 30.9 Å². The number of hydrogen-bond donors (Lipinski definition) is 1. The molecule has 1 spiro atoms. The summed E-state index contributed by atoms with van der Waals surface area (Å²) in [5.74, 6) is 1.45. The van der Waals surface area contributed by atoms with Crippen LogP contribution in [0.1, 0.15) is 30.7 Å². The summed E-state index contributed by atoms with van der Waals surface area (Å²) in [4.78, 5) is 27.3. The molecule has 2 fully saturated rings. The molecule has 130 valence electrons. The summed E-state index contributed by atoms with van der Waals surface area (Å²) < 4.78 is 5.18. The Morgan fingerprint density at radius 3 is 2.88 bits per heavy atom. The van der Waals surface area contributed by atoms with Gasteiger partial charge in [0.2, 0.25) is 11.8 Å². The number of nitrogens with one attached hydrogen (secondary N) is 1. The van der Waals surface area contributed by atoms with Gasteiger partial charge >= 0.3 is 0 Å². The highest BCUT2D eigenvalue weighted by Gasteiger charge is 2.46. The number of methoxy groups -OCH3 is 1. The van der Waals surface area contributed by atoms with Crippen molar-refractivity contribution < 1.29 is 9.53 Å². The number of anilines is 1. The van der Waals surface area contributed by atoms with Crippen molar-refractivity contribution in [3.8, 4) is 5.88 Å². The van der Waals surface area contributed by atoms with Crippen molar-refractivity contribution in [1.82, 2.24) is 20.3 Å². The Morgan fingerprint density at radius 1 is 1.32 bits per heavy atom. The summed E-state index contributed by atoms with van der Waals surface area (Å²) in [5.41, 5.74) is 0.880. The van der Waals surface area contributed by atoms with E-state index in [1.807, 2.05) is 18.2 Å². The molecule has 0 aromatic carbocycles. The number of rotatable bonds is 3. The molecule has 7 nitrogen and oxygen atoms in total. The molecule has 1 N–H and O–H groups in total. The first-order chi connectivity index (χ1) is 12.2. The lowest BCUT2D eigenvalue weighted by Gasteiger charge is -2.39. The monoisotopic (exact) mass is 339 g/mol. The van der Waals surface area contributed by atoms with Crippen molar-refractivity contribution in [1.29, 1.82) is 0 Å². The smallest absolute Gasteiger partial charge is 0.228 e. The number of hydrogen-bond acceptors (Lipinski definition) is 6. The first-order valence-corrected chi connectivity index (χ1v) is 8.52. The van der Waals surface area contributed by atoms with E-state index in [1.165, 1.54) is 6.33 Å². The van der Waals surface area contributed by atoms with Crippen LogP contribution in [-0.2, 0) is 4.79 Å². The Balaban J connectivity index is 1.45. The van der Waals surface area contributed by atoms with Crippen LogP contribution in [0.15, 0.2) is 36.9 Å². The van der Waals surface area contributed by atoms with Crippen LogP contribution in [0.5, 0.6) is 5.88 Å². The minimum atomic E-state index is -0.120. The molecule has 7 heteroatoms. The third-order valence-corrected chi connectivity index (χ3v) is 5.27. The predicted molar refractivity (Wildman–Crippen MR) is 92.5 cm³/mol. The Bertz CT molecular complexity index is 759. The van der Waals surface area contributed by atoms with Crippen LogP contribution >= 0.6 is 0 Å². The van der Waals surface area contributed by atoms with Gasteiger partial charge < -0.3 is 15.0 Å². The molecule has 2 aliphatic heterocycles. The maximum atomic E-state index is 12.5. The highest BCUT2D eigenvalue weighted by molar-refractivity contribution is 5.87. The molecule has 0 radical (unpaired) electrons. The molecule has 4 heterocycles. The molecule has 0 saturated carbocycles. The Hall–Kier alpha value is -2.70. The van der Waals surface area contributed by atoms with Crippen LogP contribution < -0.4 is 15.0 Å². The lowest BCUT2D eigenvalue weighted by molar-refractivity contribution is -0.121. The molecule has 1 amide bonds. The number of carbonyl (C=O) groups excluding carboxylic acids is 1. The fourth-order valence-electron chi connectivity index (χ4n) is 3.84.